The predicted octanol–water partition coefficient (Wildman–Crippen LogP) is 3.18. The van der Waals surface area contributed by atoms with E-state index in [9.17, 15) is 14.9 Å². The van der Waals surface area contributed by atoms with Crippen LogP contribution in [0.3, 0.4) is 0 Å². The van der Waals surface area contributed by atoms with Crippen molar-refractivity contribution in [3.8, 4) is 17.7 Å². The van der Waals surface area contributed by atoms with Crippen molar-refractivity contribution >= 4 is 17.6 Å². The number of ether oxygens (including phenoxy) is 2. The van der Waals surface area contributed by atoms with Crippen LogP contribution in [-0.2, 0) is 9.53 Å². The van der Waals surface area contributed by atoms with E-state index in [1.54, 1.807) is 17.2 Å². The average Bonchev–Trinajstić information content (AvgIpc) is 2.81. The molecule has 3 heterocycles. The number of benzene rings is 1. The third-order valence-electron chi connectivity index (χ3n) is 5.52. The molecule has 33 heavy (non-hydrogen) atoms. The van der Waals surface area contributed by atoms with Crippen LogP contribution in [-0.4, -0.2) is 46.5 Å². The molecule has 8 nitrogen and oxygen atoms in total. The first-order chi connectivity index (χ1) is 15.9. The van der Waals surface area contributed by atoms with E-state index in [-0.39, 0.29) is 17.0 Å². The summed E-state index contributed by atoms with van der Waals surface area (Å²) in [4.78, 5) is 32.5. The van der Waals surface area contributed by atoms with Crippen LogP contribution in [0.15, 0.2) is 46.9 Å². The highest BCUT2D eigenvalue weighted by Gasteiger charge is 2.23. The molecular formula is C25H24N4O4. The van der Waals surface area contributed by atoms with Gasteiger partial charge in [-0.2, -0.15) is 10.2 Å². The summed E-state index contributed by atoms with van der Waals surface area (Å²) >= 11 is 0. The molecule has 1 aliphatic heterocycles. The van der Waals surface area contributed by atoms with Crippen LogP contribution in [0, 0.1) is 32.1 Å². The smallest absolute Gasteiger partial charge is 0.269 e. The standard InChI is InChI=1S/C25H24N4O4/c1-16-6-7-21(18(3)13-16)33-23-20(25(31)29-8-4-5-17(2)22(29)27-23)14-19(15-26)24(30)28-9-11-32-12-10-28/h4-8,13-14H,9-12H2,1-3H3/b19-14+. The molecule has 0 bridgehead atoms. The van der Waals surface area contributed by atoms with Crippen LogP contribution in [0.5, 0.6) is 11.6 Å². The minimum atomic E-state index is -0.452. The molecule has 168 valence electrons. The molecule has 0 radical (unpaired) electrons. The quantitative estimate of drug-likeness (QED) is 0.453. The van der Waals surface area contributed by atoms with Crippen molar-refractivity contribution in [2.24, 2.45) is 0 Å². The zero-order valence-corrected chi connectivity index (χ0v) is 18.8. The lowest BCUT2D eigenvalue weighted by atomic mass is 10.1. The second-order valence-electron chi connectivity index (χ2n) is 7.97. The van der Waals surface area contributed by atoms with Crippen LogP contribution in [0.2, 0.25) is 0 Å². The lowest BCUT2D eigenvalue weighted by Crippen LogP contribution is -2.41. The zero-order valence-electron chi connectivity index (χ0n) is 18.8. The number of carbonyl (C=O) groups is 1. The first-order valence-electron chi connectivity index (χ1n) is 10.6. The van der Waals surface area contributed by atoms with Gasteiger partial charge < -0.3 is 14.4 Å². The van der Waals surface area contributed by atoms with E-state index >= 15 is 0 Å². The fourth-order valence-electron chi connectivity index (χ4n) is 3.73. The number of hydrogen-bond acceptors (Lipinski definition) is 6. The normalized spacial score (nSPS) is 14.2. The summed E-state index contributed by atoms with van der Waals surface area (Å²) in [6.45, 7) is 7.32. The molecule has 1 aromatic carbocycles. The Balaban J connectivity index is 1.88. The van der Waals surface area contributed by atoms with Crippen molar-refractivity contribution in [3.05, 3.63) is 74.7 Å². The maximum absolute atomic E-state index is 13.4. The maximum Gasteiger partial charge on any atom is 0.269 e. The topological polar surface area (TPSA) is 96.9 Å². The SMILES string of the molecule is Cc1ccc(Oc2nc3c(C)cccn3c(=O)c2/C=C(\C#N)C(=O)N2CCOCC2)c(C)c1. The van der Waals surface area contributed by atoms with Crippen LogP contribution in [0.1, 0.15) is 22.3 Å². The van der Waals surface area contributed by atoms with E-state index < -0.39 is 11.5 Å². The number of aromatic nitrogens is 2. The summed E-state index contributed by atoms with van der Waals surface area (Å²) < 4.78 is 12.8. The van der Waals surface area contributed by atoms with E-state index in [0.717, 1.165) is 16.7 Å². The summed E-state index contributed by atoms with van der Waals surface area (Å²) in [7, 11) is 0. The molecule has 0 aliphatic carbocycles. The van der Waals surface area contributed by atoms with Crippen molar-refractivity contribution < 1.29 is 14.3 Å². The molecule has 1 saturated heterocycles. The molecule has 3 aromatic rings. The number of nitriles is 1. The average molecular weight is 444 g/mol. The van der Waals surface area contributed by atoms with Crippen LogP contribution in [0.25, 0.3) is 11.7 Å². The number of rotatable bonds is 4. The Morgan fingerprint density at radius 1 is 1.18 bits per heavy atom. The molecule has 1 fully saturated rings. The van der Waals surface area contributed by atoms with Gasteiger partial charge in [0.15, 0.2) is 0 Å². The minimum absolute atomic E-state index is 0.0382. The Labute approximate surface area is 191 Å². The van der Waals surface area contributed by atoms with Gasteiger partial charge in [0.05, 0.1) is 13.2 Å². The number of pyridine rings is 1. The van der Waals surface area contributed by atoms with Gasteiger partial charge in [-0.1, -0.05) is 23.8 Å². The van der Waals surface area contributed by atoms with Gasteiger partial charge in [-0.25, -0.2) is 0 Å². The number of aryl methyl sites for hydroxylation is 3. The highest BCUT2D eigenvalue weighted by molar-refractivity contribution is 6.02. The van der Waals surface area contributed by atoms with Crippen molar-refractivity contribution in [2.75, 3.05) is 26.3 Å². The molecule has 0 spiro atoms. The summed E-state index contributed by atoms with van der Waals surface area (Å²) in [5, 5.41) is 9.72. The third kappa shape index (κ3) is 4.49. The maximum atomic E-state index is 13.4. The van der Waals surface area contributed by atoms with Gasteiger partial charge in [0.2, 0.25) is 5.88 Å². The van der Waals surface area contributed by atoms with Crippen molar-refractivity contribution in [1.82, 2.24) is 14.3 Å². The molecule has 0 N–H and O–H groups in total. The summed E-state index contributed by atoms with van der Waals surface area (Å²) in [5.41, 5.74) is 2.64. The minimum Gasteiger partial charge on any atom is -0.438 e. The van der Waals surface area contributed by atoms with Gasteiger partial charge in [0, 0.05) is 19.3 Å². The number of carbonyl (C=O) groups excluding carboxylic acids is 1. The molecule has 4 rings (SSSR count). The zero-order chi connectivity index (χ0) is 23.5. The number of fused-ring (bicyclic) bond motifs is 1. The highest BCUT2D eigenvalue weighted by Crippen LogP contribution is 2.28. The summed E-state index contributed by atoms with van der Waals surface area (Å²) in [6.07, 6.45) is 2.88. The molecular weight excluding hydrogens is 420 g/mol. The Kier molecular flexibility index (Phi) is 6.24. The molecule has 0 atom stereocenters. The van der Waals surface area contributed by atoms with Crippen molar-refractivity contribution in [2.45, 2.75) is 20.8 Å². The number of nitrogens with zero attached hydrogens (tertiary/aromatic N) is 4. The van der Waals surface area contributed by atoms with Gasteiger partial charge in [-0.3, -0.25) is 14.0 Å². The van der Waals surface area contributed by atoms with Gasteiger partial charge in [-0.05, 0) is 50.1 Å². The van der Waals surface area contributed by atoms with Gasteiger partial charge in [-0.15, -0.1) is 0 Å². The van der Waals surface area contributed by atoms with Crippen molar-refractivity contribution in [3.63, 3.8) is 0 Å². The number of hydrogen-bond donors (Lipinski definition) is 0. The van der Waals surface area contributed by atoms with E-state index in [1.807, 2.05) is 51.1 Å². The lowest BCUT2D eigenvalue weighted by molar-refractivity contribution is -0.130. The Morgan fingerprint density at radius 2 is 1.94 bits per heavy atom. The van der Waals surface area contributed by atoms with E-state index in [0.29, 0.717) is 37.7 Å². The number of amides is 1. The molecule has 8 heteroatoms. The molecule has 1 amide bonds. The van der Waals surface area contributed by atoms with Crippen LogP contribution >= 0.6 is 0 Å². The van der Waals surface area contributed by atoms with Crippen LogP contribution < -0.4 is 10.3 Å². The van der Waals surface area contributed by atoms with Gasteiger partial charge >= 0.3 is 0 Å². The van der Waals surface area contributed by atoms with Gasteiger partial charge in [0.25, 0.3) is 11.5 Å². The Hall–Kier alpha value is -3.96. The van der Waals surface area contributed by atoms with E-state index in [4.69, 9.17) is 9.47 Å². The second-order valence-corrected chi connectivity index (χ2v) is 7.97. The first-order valence-corrected chi connectivity index (χ1v) is 10.6. The fourth-order valence-corrected chi connectivity index (χ4v) is 3.73. The fraction of sp³-hybridized carbons (Fsp3) is 0.280. The third-order valence-corrected chi connectivity index (χ3v) is 5.52. The summed E-state index contributed by atoms with van der Waals surface area (Å²) in [6, 6.07) is 11.2. The molecule has 0 unspecified atom stereocenters. The Morgan fingerprint density at radius 3 is 2.64 bits per heavy atom. The molecule has 0 saturated carbocycles. The van der Waals surface area contributed by atoms with Crippen LogP contribution in [0.4, 0.5) is 0 Å². The molecule has 1 aliphatic rings. The van der Waals surface area contributed by atoms with Gasteiger partial charge in [0.1, 0.15) is 28.6 Å². The number of morpholine rings is 1. The van der Waals surface area contributed by atoms with E-state index in [1.165, 1.54) is 10.5 Å². The first kappa shape index (κ1) is 22.2. The largest absolute Gasteiger partial charge is 0.438 e. The second kappa shape index (κ2) is 9.27. The Bertz CT molecular complexity index is 1360. The van der Waals surface area contributed by atoms with Crippen molar-refractivity contribution in [1.29, 1.82) is 5.26 Å². The lowest BCUT2D eigenvalue weighted by Gasteiger charge is -2.26. The van der Waals surface area contributed by atoms with E-state index in [2.05, 4.69) is 4.98 Å². The summed E-state index contributed by atoms with van der Waals surface area (Å²) in [5.74, 6) is 0.133. The molecule has 2 aromatic heterocycles. The predicted molar refractivity (Wildman–Crippen MR) is 123 cm³/mol. The highest BCUT2D eigenvalue weighted by atomic mass is 16.5. The monoisotopic (exact) mass is 444 g/mol.